The molecular weight excluding hydrogens is 292 g/mol. The van der Waals surface area contributed by atoms with Gasteiger partial charge in [0.2, 0.25) is 5.91 Å². The summed E-state index contributed by atoms with van der Waals surface area (Å²) in [5.74, 6) is 0.776. The van der Waals surface area contributed by atoms with Gasteiger partial charge >= 0.3 is 0 Å². The zero-order valence-electron chi connectivity index (χ0n) is 12.7. The molecule has 0 bridgehead atoms. The lowest BCUT2D eigenvalue weighted by atomic mass is 9.79. The Hall–Kier alpha value is -2.25. The van der Waals surface area contributed by atoms with Crippen molar-refractivity contribution in [1.29, 1.82) is 0 Å². The van der Waals surface area contributed by atoms with E-state index in [0.717, 1.165) is 36.0 Å². The van der Waals surface area contributed by atoms with Gasteiger partial charge in [0, 0.05) is 23.4 Å². The number of amides is 1. The summed E-state index contributed by atoms with van der Waals surface area (Å²) in [6.45, 7) is 0. The molecule has 1 saturated heterocycles. The van der Waals surface area contributed by atoms with E-state index in [4.69, 9.17) is 5.73 Å². The van der Waals surface area contributed by atoms with Crippen molar-refractivity contribution in [3.8, 4) is 0 Å². The second-order valence-electron chi connectivity index (χ2n) is 6.33. The van der Waals surface area contributed by atoms with Crippen molar-refractivity contribution in [2.24, 2.45) is 11.7 Å². The standard InChI is InChI=1S/C16H20N6O/c17-15(23)14-11-7-9(5-6-13(11)21-22-14)20-16-10-3-1-2-4-12(10)18-8-19-16/h1-4,8-9,11,13-14,21-22H,5-7H2,(H2,17,23)(H,18,19,20). The quantitative estimate of drug-likeness (QED) is 0.659. The Balaban J connectivity index is 1.54. The van der Waals surface area contributed by atoms with Gasteiger partial charge < -0.3 is 11.1 Å². The Morgan fingerprint density at radius 3 is 2.96 bits per heavy atom. The number of fused-ring (bicyclic) bond motifs is 2. The minimum atomic E-state index is -0.299. The largest absolute Gasteiger partial charge is 0.368 e. The summed E-state index contributed by atoms with van der Waals surface area (Å²) < 4.78 is 0. The van der Waals surface area contributed by atoms with Crippen molar-refractivity contribution in [2.75, 3.05) is 5.32 Å². The van der Waals surface area contributed by atoms with Crippen LogP contribution in [0.15, 0.2) is 30.6 Å². The molecule has 4 atom stereocenters. The second kappa shape index (κ2) is 5.75. The molecule has 2 fully saturated rings. The number of hydrogen-bond donors (Lipinski definition) is 4. The van der Waals surface area contributed by atoms with Crippen molar-refractivity contribution in [2.45, 2.75) is 37.4 Å². The van der Waals surface area contributed by atoms with E-state index in [9.17, 15) is 4.79 Å². The van der Waals surface area contributed by atoms with Crippen molar-refractivity contribution in [3.05, 3.63) is 30.6 Å². The molecule has 0 radical (unpaired) electrons. The highest BCUT2D eigenvalue weighted by Gasteiger charge is 2.42. The molecule has 2 aromatic rings. The fourth-order valence-corrected chi connectivity index (χ4v) is 3.78. The van der Waals surface area contributed by atoms with Gasteiger partial charge in [0.15, 0.2) is 0 Å². The average molecular weight is 312 g/mol. The third kappa shape index (κ3) is 2.62. The molecule has 7 nitrogen and oxygen atoms in total. The van der Waals surface area contributed by atoms with Gasteiger partial charge in [-0.15, -0.1) is 0 Å². The van der Waals surface area contributed by atoms with Crippen LogP contribution in [0.25, 0.3) is 10.9 Å². The van der Waals surface area contributed by atoms with Crippen LogP contribution < -0.4 is 21.9 Å². The molecule has 0 spiro atoms. The summed E-state index contributed by atoms with van der Waals surface area (Å²) in [5.41, 5.74) is 12.7. The van der Waals surface area contributed by atoms with Crippen LogP contribution in [-0.4, -0.2) is 34.0 Å². The van der Waals surface area contributed by atoms with E-state index in [2.05, 4.69) is 26.1 Å². The highest BCUT2D eigenvalue weighted by molar-refractivity contribution is 5.88. The summed E-state index contributed by atoms with van der Waals surface area (Å²) in [5, 5.41) is 4.56. The third-order valence-electron chi connectivity index (χ3n) is 4.94. The average Bonchev–Trinajstić information content (AvgIpc) is 2.99. The minimum absolute atomic E-state index is 0.215. The second-order valence-corrected chi connectivity index (χ2v) is 6.33. The number of aromatic nitrogens is 2. The van der Waals surface area contributed by atoms with Gasteiger partial charge in [0.25, 0.3) is 0 Å². The SMILES string of the molecule is NC(=O)C1NNC2CCC(Nc3ncnc4ccccc34)CC21. The number of rotatable bonds is 3. The van der Waals surface area contributed by atoms with E-state index in [1.54, 1.807) is 6.33 Å². The minimum Gasteiger partial charge on any atom is -0.368 e. The lowest BCUT2D eigenvalue weighted by Gasteiger charge is -2.33. The van der Waals surface area contributed by atoms with E-state index < -0.39 is 0 Å². The molecule has 7 heteroatoms. The van der Waals surface area contributed by atoms with E-state index >= 15 is 0 Å². The molecule has 5 N–H and O–H groups in total. The Morgan fingerprint density at radius 2 is 2.09 bits per heavy atom. The summed E-state index contributed by atoms with van der Waals surface area (Å²) in [6.07, 6.45) is 4.50. The van der Waals surface area contributed by atoms with Crippen LogP contribution in [0.2, 0.25) is 0 Å². The Bertz CT molecular complexity index is 730. The van der Waals surface area contributed by atoms with E-state index in [-0.39, 0.29) is 23.9 Å². The molecule has 1 aliphatic heterocycles. The molecule has 1 saturated carbocycles. The Kier molecular flexibility index (Phi) is 3.59. The van der Waals surface area contributed by atoms with Gasteiger partial charge in [0.05, 0.1) is 5.52 Å². The molecule has 1 aliphatic carbocycles. The zero-order chi connectivity index (χ0) is 15.8. The topological polar surface area (TPSA) is 105 Å². The lowest BCUT2D eigenvalue weighted by Crippen LogP contribution is -2.44. The van der Waals surface area contributed by atoms with Crippen LogP contribution in [0, 0.1) is 5.92 Å². The van der Waals surface area contributed by atoms with E-state index in [0.29, 0.717) is 6.04 Å². The van der Waals surface area contributed by atoms with Gasteiger partial charge in [-0.3, -0.25) is 10.2 Å². The summed E-state index contributed by atoms with van der Waals surface area (Å²) in [7, 11) is 0. The first-order valence-corrected chi connectivity index (χ1v) is 7.99. The zero-order valence-corrected chi connectivity index (χ0v) is 12.7. The molecule has 1 aromatic carbocycles. The molecule has 4 rings (SSSR count). The first-order valence-electron chi connectivity index (χ1n) is 7.99. The van der Waals surface area contributed by atoms with E-state index in [1.165, 1.54) is 0 Å². The summed E-state index contributed by atoms with van der Waals surface area (Å²) >= 11 is 0. The van der Waals surface area contributed by atoms with Crippen molar-refractivity contribution < 1.29 is 4.79 Å². The van der Waals surface area contributed by atoms with Crippen LogP contribution in [0.3, 0.4) is 0 Å². The van der Waals surface area contributed by atoms with Gasteiger partial charge in [-0.25, -0.2) is 15.4 Å². The molecule has 23 heavy (non-hydrogen) atoms. The van der Waals surface area contributed by atoms with Crippen LogP contribution >= 0.6 is 0 Å². The molecule has 4 unspecified atom stereocenters. The number of nitrogens with zero attached hydrogens (tertiary/aromatic N) is 2. The number of nitrogens with one attached hydrogen (secondary N) is 3. The molecule has 1 aromatic heterocycles. The molecule has 120 valence electrons. The number of hydrogen-bond acceptors (Lipinski definition) is 6. The van der Waals surface area contributed by atoms with Crippen LogP contribution in [0.5, 0.6) is 0 Å². The molecule has 2 heterocycles. The summed E-state index contributed by atoms with van der Waals surface area (Å²) in [6, 6.07) is 8.25. The maximum absolute atomic E-state index is 11.6. The maximum atomic E-state index is 11.6. The first-order chi connectivity index (χ1) is 11.2. The normalized spacial score (nSPS) is 30.1. The van der Waals surface area contributed by atoms with Crippen molar-refractivity contribution in [1.82, 2.24) is 20.8 Å². The number of anilines is 1. The Labute approximate surface area is 134 Å². The number of carbonyl (C=O) groups is 1. The fraction of sp³-hybridized carbons (Fsp3) is 0.438. The Morgan fingerprint density at radius 1 is 1.22 bits per heavy atom. The maximum Gasteiger partial charge on any atom is 0.236 e. The predicted octanol–water partition coefficient (Wildman–Crippen LogP) is 0.541. The van der Waals surface area contributed by atoms with Crippen LogP contribution in [0.1, 0.15) is 19.3 Å². The van der Waals surface area contributed by atoms with Gasteiger partial charge in [0.1, 0.15) is 18.2 Å². The number of hydrazine groups is 1. The lowest BCUT2D eigenvalue weighted by molar-refractivity contribution is -0.120. The summed E-state index contributed by atoms with van der Waals surface area (Å²) in [4.78, 5) is 20.3. The molecular formula is C16H20N6O. The van der Waals surface area contributed by atoms with Gasteiger partial charge in [-0.1, -0.05) is 12.1 Å². The number of carbonyl (C=O) groups excluding carboxylic acids is 1. The molecule has 2 aliphatic rings. The van der Waals surface area contributed by atoms with Crippen LogP contribution in [0.4, 0.5) is 5.82 Å². The van der Waals surface area contributed by atoms with Crippen molar-refractivity contribution >= 4 is 22.6 Å². The number of benzene rings is 1. The highest BCUT2D eigenvalue weighted by Crippen LogP contribution is 2.32. The first kappa shape index (κ1) is 14.3. The third-order valence-corrected chi connectivity index (χ3v) is 4.94. The van der Waals surface area contributed by atoms with Gasteiger partial charge in [-0.2, -0.15) is 0 Å². The van der Waals surface area contributed by atoms with Gasteiger partial charge in [-0.05, 0) is 31.4 Å². The van der Waals surface area contributed by atoms with Crippen LogP contribution in [-0.2, 0) is 4.79 Å². The van der Waals surface area contributed by atoms with E-state index in [1.807, 2.05) is 24.3 Å². The molecule has 1 amide bonds. The smallest absolute Gasteiger partial charge is 0.236 e. The fourth-order valence-electron chi connectivity index (χ4n) is 3.78. The van der Waals surface area contributed by atoms with Crippen molar-refractivity contribution in [3.63, 3.8) is 0 Å². The highest BCUT2D eigenvalue weighted by atomic mass is 16.1. The number of nitrogens with two attached hydrogens (primary N) is 1. The number of para-hydroxylation sites is 1. The monoisotopic (exact) mass is 312 g/mol. The number of primary amides is 1. The predicted molar refractivity (Wildman–Crippen MR) is 87.3 cm³/mol.